The van der Waals surface area contributed by atoms with E-state index in [0.717, 1.165) is 4.48 Å². The Morgan fingerprint density at radius 1 is 1.32 bits per heavy atom. The third kappa shape index (κ3) is 12.8. The summed E-state index contributed by atoms with van der Waals surface area (Å²) >= 11 is 6.50. The molecular formula is C16H20Br2O4. The number of carboxylic acids is 1. The molecule has 0 aliphatic rings. The molecule has 0 amide bonds. The lowest BCUT2D eigenvalue weighted by Gasteiger charge is -2.12. The van der Waals surface area contributed by atoms with Gasteiger partial charge in [0.25, 0.3) is 0 Å². The molecule has 0 rings (SSSR count). The molecule has 0 aromatic heterocycles. The predicted molar refractivity (Wildman–Crippen MR) is 94.7 cm³/mol. The van der Waals surface area contributed by atoms with Crippen molar-refractivity contribution in [2.45, 2.75) is 44.3 Å². The quantitative estimate of drug-likeness (QED) is 0.294. The third-order valence-electron chi connectivity index (χ3n) is 2.59. The summed E-state index contributed by atoms with van der Waals surface area (Å²) < 4.78 is 0.897. The molecule has 0 saturated carbocycles. The van der Waals surface area contributed by atoms with Crippen molar-refractivity contribution in [1.29, 1.82) is 0 Å². The highest BCUT2D eigenvalue weighted by Crippen LogP contribution is 2.12. The van der Waals surface area contributed by atoms with Crippen molar-refractivity contribution in [2.75, 3.05) is 0 Å². The van der Waals surface area contributed by atoms with E-state index in [-0.39, 0.29) is 6.42 Å². The molecule has 0 saturated heterocycles. The van der Waals surface area contributed by atoms with Crippen LogP contribution in [0.4, 0.5) is 0 Å². The Morgan fingerprint density at radius 2 is 2.05 bits per heavy atom. The molecule has 0 radical (unpaired) electrons. The van der Waals surface area contributed by atoms with Crippen molar-refractivity contribution in [2.24, 2.45) is 0 Å². The van der Waals surface area contributed by atoms with Gasteiger partial charge in [-0.15, -0.1) is 0 Å². The molecular weight excluding hydrogens is 416 g/mol. The van der Waals surface area contributed by atoms with Crippen molar-refractivity contribution < 1.29 is 20.1 Å². The first-order chi connectivity index (χ1) is 10.5. The lowest BCUT2D eigenvalue weighted by atomic mass is 10.1. The second-order valence-electron chi connectivity index (χ2n) is 4.44. The molecule has 4 nitrogen and oxygen atoms in total. The van der Waals surface area contributed by atoms with Gasteiger partial charge in [-0.05, 0) is 42.5 Å². The number of allylic oxidation sites excluding steroid dienone is 4. The van der Waals surface area contributed by atoms with Gasteiger partial charge in [0.2, 0.25) is 0 Å². The zero-order valence-corrected chi connectivity index (χ0v) is 15.3. The van der Waals surface area contributed by atoms with Crippen molar-refractivity contribution in [3.8, 4) is 11.8 Å². The van der Waals surface area contributed by atoms with Crippen molar-refractivity contribution >= 4 is 37.8 Å². The van der Waals surface area contributed by atoms with Crippen LogP contribution in [0.5, 0.6) is 0 Å². The molecule has 0 unspecified atom stereocenters. The van der Waals surface area contributed by atoms with E-state index in [4.69, 9.17) is 5.11 Å². The fourth-order valence-corrected chi connectivity index (χ4v) is 2.43. The van der Waals surface area contributed by atoms with Gasteiger partial charge in [0.05, 0.1) is 12.2 Å². The Labute approximate surface area is 147 Å². The summed E-state index contributed by atoms with van der Waals surface area (Å²) in [6.07, 6.45) is 6.99. The fourth-order valence-electron chi connectivity index (χ4n) is 1.43. The molecule has 0 bridgehead atoms. The monoisotopic (exact) mass is 434 g/mol. The first-order valence-corrected chi connectivity index (χ1v) is 8.53. The molecule has 0 heterocycles. The highest BCUT2D eigenvalue weighted by molar-refractivity contribution is 9.12. The van der Waals surface area contributed by atoms with E-state index in [2.05, 4.69) is 43.7 Å². The van der Waals surface area contributed by atoms with E-state index in [1.807, 2.05) is 12.2 Å². The third-order valence-corrected chi connectivity index (χ3v) is 3.44. The largest absolute Gasteiger partial charge is 0.481 e. The first-order valence-electron chi connectivity index (χ1n) is 6.82. The molecule has 2 atom stereocenters. The molecule has 22 heavy (non-hydrogen) atoms. The van der Waals surface area contributed by atoms with E-state index < -0.39 is 18.2 Å². The van der Waals surface area contributed by atoms with Crippen LogP contribution in [0.25, 0.3) is 0 Å². The predicted octanol–water partition coefficient (Wildman–Crippen LogP) is 3.49. The lowest BCUT2D eigenvalue weighted by Crippen LogP contribution is -2.23. The van der Waals surface area contributed by atoms with Gasteiger partial charge in [-0.1, -0.05) is 49.8 Å². The minimum absolute atomic E-state index is 0.104. The van der Waals surface area contributed by atoms with E-state index in [1.165, 1.54) is 12.2 Å². The summed E-state index contributed by atoms with van der Waals surface area (Å²) in [6, 6.07) is 0. The summed E-state index contributed by atoms with van der Waals surface area (Å²) in [6.45, 7) is 0. The average molecular weight is 436 g/mol. The SMILES string of the molecule is O=C(O)CCCC#CC=C[C@@H](O)[C@H](O)CCC=C(Br)C=CBr. The summed E-state index contributed by atoms with van der Waals surface area (Å²) in [5.74, 6) is 4.66. The van der Waals surface area contributed by atoms with Gasteiger partial charge < -0.3 is 15.3 Å². The smallest absolute Gasteiger partial charge is 0.303 e. The lowest BCUT2D eigenvalue weighted by molar-refractivity contribution is -0.137. The summed E-state index contributed by atoms with van der Waals surface area (Å²) in [5.41, 5.74) is 0. The Balaban J connectivity index is 4.01. The topological polar surface area (TPSA) is 77.8 Å². The van der Waals surface area contributed by atoms with E-state index in [1.54, 1.807) is 4.99 Å². The number of rotatable bonds is 9. The summed E-state index contributed by atoms with van der Waals surface area (Å²) in [4.78, 5) is 12.0. The highest BCUT2D eigenvalue weighted by atomic mass is 79.9. The number of carbonyl (C=O) groups is 1. The molecule has 3 N–H and O–H groups in total. The highest BCUT2D eigenvalue weighted by Gasteiger charge is 2.11. The summed E-state index contributed by atoms with van der Waals surface area (Å²) in [5, 5.41) is 28.0. The maximum absolute atomic E-state index is 10.3. The normalized spacial score (nSPS) is 14.8. The van der Waals surface area contributed by atoms with Crippen LogP contribution in [0.3, 0.4) is 0 Å². The van der Waals surface area contributed by atoms with Crippen LogP contribution in [0.1, 0.15) is 32.1 Å². The molecule has 0 aromatic carbocycles. The first kappa shape index (κ1) is 21.1. The minimum atomic E-state index is -0.966. The molecule has 0 aromatic rings. The number of hydrogen-bond acceptors (Lipinski definition) is 3. The Morgan fingerprint density at radius 3 is 2.68 bits per heavy atom. The van der Waals surface area contributed by atoms with Crippen molar-refractivity contribution in [3.05, 3.63) is 33.8 Å². The van der Waals surface area contributed by atoms with E-state index in [9.17, 15) is 15.0 Å². The zero-order chi connectivity index (χ0) is 16.8. The molecule has 0 fully saturated rings. The second-order valence-corrected chi connectivity index (χ2v) is 5.89. The number of carboxylic acid groups (broad SMARTS) is 1. The Kier molecular flexibility index (Phi) is 13.2. The van der Waals surface area contributed by atoms with E-state index in [0.29, 0.717) is 25.7 Å². The Bertz CT molecular complexity index is 472. The molecule has 0 aliphatic heterocycles. The van der Waals surface area contributed by atoms with Crippen LogP contribution < -0.4 is 0 Å². The van der Waals surface area contributed by atoms with Crippen molar-refractivity contribution in [3.63, 3.8) is 0 Å². The van der Waals surface area contributed by atoms with Crippen LogP contribution in [0, 0.1) is 11.8 Å². The zero-order valence-electron chi connectivity index (χ0n) is 12.1. The molecule has 0 spiro atoms. The van der Waals surface area contributed by atoms with Crippen LogP contribution >= 0.6 is 31.9 Å². The second kappa shape index (κ2) is 13.8. The van der Waals surface area contributed by atoms with Crippen LogP contribution in [0.2, 0.25) is 0 Å². The van der Waals surface area contributed by atoms with Gasteiger partial charge in [-0.3, -0.25) is 4.79 Å². The van der Waals surface area contributed by atoms with Gasteiger partial charge in [-0.2, -0.15) is 0 Å². The van der Waals surface area contributed by atoms with Gasteiger partial charge >= 0.3 is 5.97 Å². The minimum Gasteiger partial charge on any atom is -0.481 e. The van der Waals surface area contributed by atoms with Gasteiger partial charge in [-0.25, -0.2) is 0 Å². The van der Waals surface area contributed by atoms with Gasteiger partial charge in [0.1, 0.15) is 0 Å². The number of hydrogen-bond donors (Lipinski definition) is 3. The van der Waals surface area contributed by atoms with Crippen LogP contribution in [-0.2, 0) is 4.79 Å². The molecule has 122 valence electrons. The van der Waals surface area contributed by atoms with Gasteiger partial charge in [0.15, 0.2) is 0 Å². The number of halogens is 2. The summed E-state index contributed by atoms with van der Waals surface area (Å²) in [7, 11) is 0. The average Bonchev–Trinajstić information content (AvgIpc) is 2.45. The Hall–Kier alpha value is -0.870. The molecule has 6 heteroatoms. The number of aliphatic carboxylic acids is 1. The number of aliphatic hydroxyl groups is 2. The van der Waals surface area contributed by atoms with Gasteiger partial charge in [0, 0.05) is 17.3 Å². The van der Waals surface area contributed by atoms with Crippen molar-refractivity contribution in [1.82, 2.24) is 0 Å². The fraction of sp³-hybridized carbons (Fsp3) is 0.438. The standard InChI is InChI=1S/C16H20Br2O4/c17-12-11-13(18)7-6-9-15(20)14(19)8-4-2-1-3-5-10-16(21)22/h4,7-8,11-12,14-15,19-20H,3,5-6,9-10H2,(H,21,22)/t14-,15-/m1/s1. The molecule has 0 aliphatic carbocycles. The van der Waals surface area contributed by atoms with Crippen LogP contribution in [0.15, 0.2) is 33.8 Å². The number of unbranched alkanes of at least 4 members (excludes halogenated alkanes) is 1. The number of aliphatic hydroxyl groups excluding tert-OH is 2. The van der Waals surface area contributed by atoms with Crippen LogP contribution in [-0.4, -0.2) is 33.5 Å². The maximum Gasteiger partial charge on any atom is 0.303 e. The maximum atomic E-state index is 10.3. The van der Waals surface area contributed by atoms with E-state index >= 15 is 0 Å².